The van der Waals surface area contributed by atoms with E-state index in [2.05, 4.69) is 16.9 Å². The van der Waals surface area contributed by atoms with E-state index in [4.69, 9.17) is 4.74 Å². The van der Waals surface area contributed by atoms with E-state index in [0.717, 1.165) is 22.9 Å². The Hall–Kier alpha value is -3.69. The zero-order valence-electron chi connectivity index (χ0n) is 18.3. The van der Waals surface area contributed by atoms with E-state index < -0.39 is 11.8 Å². The minimum Gasteiger partial charge on any atom is -0.497 e. The summed E-state index contributed by atoms with van der Waals surface area (Å²) < 4.78 is 6.57. The average molecular weight is 492 g/mol. The summed E-state index contributed by atoms with van der Waals surface area (Å²) >= 11 is 2.48. The van der Waals surface area contributed by atoms with Gasteiger partial charge in [-0.1, -0.05) is 48.2 Å². The second kappa shape index (κ2) is 10.5. The summed E-state index contributed by atoms with van der Waals surface area (Å²) in [7, 11) is 1.53. The molecule has 0 atom stereocenters. The summed E-state index contributed by atoms with van der Waals surface area (Å²) in [5.74, 6) is -0.454. The van der Waals surface area contributed by atoms with Crippen molar-refractivity contribution in [2.45, 2.75) is 11.7 Å². The van der Waals surface area contributed by atoms with Crippen LogP contribution in [0.4, 0.5) is 0 Å². The maximum atomic E-state index is 13.4. The number of allylic oxidation sites excluding steroid dienone is 1. The van der Waals surface area contributed by atoms with E-state index in [9.17, 15) is 14.4 Å². The maximum absolute atomic E-state index is 13.4. The lowest BCUT2D eigenvalue weighted by atomic mass is 10.1. The molecule has 0 aliphatic heterocycles. The fraction of sp³-hybridized carbons (Fsp3) is 0.120. The lowest BCUT2D eigenvalue weighted by Crippen LogP contribution is -2.32. The monoisotopic (exact) mass is 491 g/mol. The van der Waals surface area contributed by atoms with Crippen molar-refractivity contribution in [3.05, 3.63) is 88.5 Å². The number of amides is 2. The van der Waals surface area contributed by atoms with Gasteiger partial charge in [-0.15, -0.1) is 17.9 Å². The normalized spacial score (nSPS) is 10.7. The van der Waals surface area contributed by atoms with Crippen LogP contribution >= 0.6 is 23.1 Å². The van der Waals surface area contributed by atoms with Gasteiger partial charge in [-0.05, 0) is 29.8 Å². The predicted octanol–water partition coefficient (Wildman–Crippen LogP) is 4.37. The number of hydrogen-bond donors (Lipinski definition) is 1. The zero-order chi connectivity index (χ0) is 24.1. The predicted molar refractivity (Wildman–Crippen MR) is 136 cm³/mol. The summed E-state index contributed by atoms with van der Waals surface area (Å²) in [6, 6.07) is 16.1. The number of thiophene rings is 1. The Morgan fingerprint density at radius 3 is 2.59 bits per heavy atom. The third kappa shape index (κ3) is 4.95. The lowest BCUT2D eigenvalue weighted by molar-refractivity contribution is -0.117. The number of nitrogens with one attached hydrogen (secondary N) is 1. The molecule has 1 N–H and O–H groups in total. The van der Waals surface area contributed by atoms with E-state index in [-0.39, 0.29) is 17.9 Å². The van der Waals surface area contributed by atoms with Crippen LogP contribution in [0.2, 0.25) is 0 Å². The standard InChI is InChI=1S/C25H21N3O4S2/c1-3-13-28-24(31)21-19(16-7-5-4-6-8-16)14-33-23(21)27-25(28)34-15-20(29)26-22(30)17-9-11-18(32-2)12-10-17/h3-12,14H,1,13,15H2,2H3,(H,26,29,30). The number of fused-ring (bicyclic) bond motifs is 1. The van der Waals surface area contributed by atoms with Gasteiger partial charge in [0.2, 0.25) is 5.91 Å². The molecule has 2 heterocycles. The molecule has 0 aliphatic carbocycles. The molecule has 0 radical (unpaired) electrons. The molecule has 2 aromatic heterocycles. The first-order chi connectivity index (χ1) is 16.5. The third-order valence-corrected chi connectivity index (χ3v) is 6.84. The highest BCUT2D eigenvalue weighted by molar-refractivity contribution is 7.99. The fourth-order valence-electron chi connectivity index (χ4n) is 3.34. The molecule has 172 valence electrons. The molecule has 2 amide bonds. The second-order valence-electron chi connectivity index (χ2n) is 7.19. The van der Waals surface area contributed by atoms with Crippen molar-refractivity contribution in [3.63, 3.8) is 0 Å². The van der Waals surface area contributed by atoms with Crippen LogP contribution < -0.4 is 15.6 Å². The highest BCUT2D eigenvalue weighted by Gasteiger charge is 2.18. The van der Waals surface area contributed by atoms with Crippen molar-refractivity contribution < 1.29 is 14.3 Å². The SMILES string of the molecule is C=CCn1c(SCC(=O)NC(=O)c2ccc(OC)cc2)nc2scc(-c3ccccc3)c2c1=O. The van der Waals surface area contributed by atoms with Crippen molar-refractivity contribution in [2.24, 2.45) is 0 Å². The molecule has 0 bridgehead atoms. The Labute approximate surface area is 204 Å². The highest BCUT2D eigenvalue weighted by atomic mass is 32.2. The average Bonchev–Trinajstić information content (AvgIpc) is 3.29. The first kappa shape index (κ1) is 23.5. The quantitative estimate of drug-likeness (QED) is 0.224. The number of benzene rings is 2. The highest BCUT2D eigenvalue weighted by Crippen LogP contribution is 2.32. The number of imide groups is 1. The molecule has 4 rings (SSSR count). The van der Waals surface area contributed by atoms with Crippen molar-refractivity contribution in [1.82, 2.24) is 14.9 Å². The van der Waals surface area contributed by atoms with Gasteiger partial charge < -0.3 is 4.74 Å². The van der Waals surface area contributed by atoms with Crippen LogP contribution in [-0.4, -0.2) is 34.2 Å². The van der Waals surface area contributed by atoms with E-state index in [1.165, 1.54) is 23.0 Å². The van der Waals surface area contributed by atoms with E-state index in [0.29, 0.717) is 26.7 Å². The number of carbonyl (C=O) groups is 2. The molecule has 2 aromatic carbocycles. The fourth-order valence-corrected chi connectivity index (χ4v) is 5.14. The number of ether oxygens (including phenoxy) is 1. The Morgan fingerprint density at radius 1 is 1.18 bits per heavy atom. The van der Waals surface area contributed by atoms with E-state index in [1.807, 2.05) is 35.7 Å². The van der Waals surface area contributed by atoms with E-state index >= 15 is 0 Å². The number of methoxy groups -OCH3 is 1. The summed E-state index contributed by atoms with van der Waals surface area (Å²) in [5.41, 5.74) is 1.92. The summed E-state index contributed by atoms with van der Waals surface area (Å²) in [6.45, 7) is 3.99. The van der Waals surface area contributed by atoms with Gasteiger partial charge in [0, 0.05) is 23.1 Å². The Balaban J connectivity index is 1.55. The molecule has 0 saturated carbocycles. The number of carbonyl (C=O) groups excluding carboxylic acids is 2. The summed E-state index contributed by atoms with van der Waals surface area (Å²) in [4.78, 5) is 43.4. The number of thioether (sulfide) groups is 1. The third-order valence-electron chi connectivity index (χ3n) is 4.99. The Morgan fingerprint density at radius 2 is 1.91 bits per heavy atom. The van der Waals surface area contributed by atoms with Crippen molar-refractivity contribution >= 4 is 45.1 Å². The molecule has 0 aliphatic rings. The largest absolute Gasteiger partial charge is 0.497 e. The van der Waals surface area contributed by atoms with Crippen LogP contribution in [0.1, 0.15) is 10.4 Å². The molecule has 0 fully saturated rings. The minimum atomic E-state index is -0.508. The van der Waals surface area contributed by atoms with Gasteiger partial charge in [0.1, 0.15) is 10.6 Å². The number of hydrogen-bond acceptors (Lipinski definition) is 7. The van der Waals surface area contributed by atoms with Crippen molar-refractivity contribution in [2.75, 3.05) is 12.9 Å². The van der Waals surface area contributed by atoms with Gasteiger partial charge in [0.15, 0.2) is 5.16 Å². The number of rotatable bonds is 8. The summed E-state index contributed by atoms with van der Waals surface area (Å²) in [6.07, 6.45) is 1.61. The van der Waals surface area contributed by atoms with Crippen molar-refractivity contribution in [1.29, 1.82) is 0 Å². The molecule has 0 spiro atoms. The van der Waals surface area contributed by atoms with Crippen LogP contribution in [-0.2, 0) is 11.3 Å². The molecule has 0 saturated heterocycles. The number of nitrogens with zero attached hydrogens (tertiary/aromatic N) is 2. The van der Waals surface area contributed by atoms with Crippen LogP contribution in [0, 0.1) is 0 Å². The Kier molecular flexibility index (Phi) is 7.24. The van der Waals surface area contributed by atoms with Crippen LogP contribution in [0.3, 0.4) is 0 Å². The van der Waals surface area contributed by atoms with Gasteiger partial charge in [0.05, 0.1) is 18.2 Å². The van der Waals surface area contributed by atoms with Crippen molar-refractivity contribution in [3.8, 4) is 16.9 Å². The smallest absolute Gasteiger partial charge is 0.263 e. The maximum Gasteiger partial charge on any atom is 0.263 e. The van der Waals surface area contributed by atoms with E-state index in [1.54, 1.807) is 30.3 Å². The van der Waals surface area contributed by atoms with Gasteiger partial charge >= 0.3 is 0 Å². The molecule has 9 heteroatoms. The lowest BCUT2D eigenvalue weighted by Gasteiger charge is -2.11. The Bertz CT molecular complexity index is 1410. The van der Waals surface area contributed by atoms with Crippen LogP contribution in [0.25, 0.3) is 21.3 Å². The molecule has 7 nitrogen and oxygen atoms in total. The molecular formula is C25H21N3O4S2. The van der Waals surface area contributed by atoms with Gasteiger partial charge in [-0.3, -0.25) is 24.3 Å². The number of aromatic nitrogens is 2. The molecule has 4 aromatic rings. The van der Waals surface area contributed by atoms with Gasteiger partial charge in [-0.2, -0.15) is 0 Å². The zero-order valence-corrected chi connectivity index (χ0v) is 19.9. The molecule has 34 heavy (non-hydrogen) atoms. The second-order valence-corrected chi connectivity index (χ2v) is 8.99. The minimum absolute atomic E-state index is 0.0755. The molecular weight excluding hydrogens is 470 g/mol. The summed E-state index contributed by atoms with van der Waals surface area (Å²) in [5, 5.41) is 5.22. The first-order valence-corrected chi connectivity index (χ1v) is 12.2. The topological polar surface area (TPSA) is 90.3 Å². The van der Waals surface area contributed by atoms with Gasteiger partial charge in [0.25, 0.3) is 11.5 Å². The van der Waals surface area contributed by atoms with Crippen LogP contribution in [0.15, 0.2) is 82.6 Å². The van der Waals surface area contributed by atoms with Crippen LogP contribution in [0.5, 0.6) is 5.75 Å². The van der Waals surface area contributed by atoms with Gasteiger partial charge in [-0.25, -0.2) is 4.98 Å². The first-order valence-electron chi connectivity index (χ1n) is 10.3. The molecule has 0 unspecified atom stereocenters.